The molecule has 0 amide bonds. The molecule has 0 fully saturated rings. The number of halogens is 1. The van der Waals surface area contributed by atoms with Crippen molar-refractivity contribution in [3.8, 4) is 0 Å². The van der Waals surface area contributed by atoms with E-state index in [2.05, 4.69) is 22.0 Å². The summed E-state index contributed by atoms with van der Waals surface area (Å²) in [5.74, 6) is 0. The molecule has 0 spiro atoms. The molecule has 0 radical (unpaired) electrons. The zero-order chi connectivity index (χ0) is 12.4. The minimum absolute atomic E-state index is 0.151. The van der Waals surface area contributed by atoms with Gasteiger partial charge in [-0.3, -0.25) is 5.10 Å². The maximum Gasteiger partial charge on any atom is 0.207 e. The highest BCUT2D eigenvalue weighted by Gasteiger charge is 2.16. The summed E-state index contributed by atoms with van der Waals surface area (Å²) >= 11 is 12.7. The topological polar surface area (TPSA) is 31.9 Å². The van der Waals surface area contributed by atoms with E-state index in [1.54, 1.807) is 0 Å². The van der Waals surface area contributed by atoms with Crippen LogP contribution in [0, 0.1) is 3.95 Å². The van der Waals surface area contributed by atoms with Gasteiger partial charge in [0.1, 0.15) is 0 Å². The van der Waals surface area contributed by atoms with E-state index < -0.39 is 0 Å². The Bertz CT molecular complexity index is 564. The summed E-state index contributed by atoms with van der Waals surface area (Å²) in [6.45, 7) is 2.09. The molecule has 6 heteroatoms. The maximum absolute atomic E-state index is 6.18. The summed E-state index contributed by atoms with van der Waals surface area (Å²) in [4.78, 5) is 2.05. The second kappa shape index (κ2) is 5.16. The second-order valence-corrected chi connectivity index (χ2v) is 5.76. The van der Waals surface area contributed by atoms with E-state index in [1.165, 1.54) is 11.3 Å². The number of benzene rings is 1. The molecule has 3 nitrogen and oxygen atoms in total. The molecule has 1 heterocycles. The zero-order valence-electron chi connectivity index (χ0n) is 9.48. The highest BCUT2D eigenvalue weighted by molar-refractivity contribution is 7.73. The van der Waals surface area contributed by atoms with Crippen LogP contribution in [0.4, 0.5) is 5.13 Å². The summed E-state index contributed by atoms with van der Waals surface area (Å²) in [6.07, 6.45) is 0. The Morgan fingerprint density at radius 3 is 2.76 bits per heavy atom. The fraction of sp³-hybridized carbons (Fsp3) is 0.273. The van der Waals surface area contributed by atoms with Gasteiger partial charge in [0.25, 0.3) is 0 Å². The highest BCUT2D eigenvalue weighted by Crippen LogP contribution is 2.30. The molecule has 1 aromatic carbocycles. The highest BCUT2D eigenvalue weighted by atomic mass is 35.5. The first-order chi connectivity index (χ1) is 8.09. The monoisotopic (exact) mass is 285 g/mol. The second-order valence-electron chi connectivity index (χ2n) is 3.70. The minimum Gasteiger partial charge on any atom is -0.343 e. The third kappa shape index (κ3) is 2.68. The van der Waals surface area contributed by atoms with Gasteiger partial charge >= 0.3 is 0 Å². The third-order valence-electron chi connectivity index (χ3n) is 2.66. The van der Waals surface area contributed by atoms with Crippen LogP contribution in [0.3, 0.4) is 0 Å². The van der Waals surface area contributed by atoms with Crippen molar-refractivity contribution in [2.24, 2.45) is 0 Å². The summed E-state index contributed by atoms with van der Waals surface area (Å²) in [7, 11) is 1.98. The smallest absolute Gasteiger partial charge is 0.207 e. The zero-order valence-corrected chi connectivity index (χ0v) is 11.9. The van der Waals surface area contributed by atoms with Crippen molar-refractivity contribution >= 4 is 40.3 Å². The number of aromatic nitrogens is 2. The predicted molar refractivity (Wildman–Crippen MR) is 75.6 cm³/mol. The molecule has 0 saturated carbocycles. The number of nitrogens with one attached hydrogen (secondary N) is 1. The molecule has 0 aliphatic rings. The minimum atomic E-state index is 0.151. The van der Waals surface area contributed by atoms with Gasteiger partial charge in [0.05, 0.1) is 6.04 Å². The molecule has 0 saturated heterocycles. The van der Waals surface area contributed by atoms with Crippen LogP contribution in [0.25, 0.3) is 0 Å². The lowest BCUT2D eigenvalue weighted by Crippen LogP contribution is -2.21. The van der Waals surface area contributed by atoms with Crippen LogP contribution < -0.4 is 4.90 Å². The van der Waals surface area contributed by atoms with Gasteiger partial charge in [-0.25, -0.2) is 0 Å². The largest absolute Gasteiger partial charge is 0.343 e. The van der Waals surface area contributed by atoms with E-state index in [0.29, 0.717) is 3.95 Å². The molecule has 0 bridgehead atoms. The van der Waals surface area contributed by atoms with Crippen LogP contribution >= 0.6 is 35.2 Å². The summed E-state index contributed by atoms with van der Waals surface area (Å²) < 4.78 is 0.679. The molecule has 1 unspecified atom stereocenters. The Hall–Kier alpha value is -0.910. The van der Waals surface area contributed by atoms with Gasteiger partial charge in [-0.1, -0.05) is 41.1 Å². The summed E-state index contributed by atoms with van der Waals surface area (Å²) in [6, 6.07) is 7.98. The average Bonchev–Trinajstić information content (AvgIpc) is 2.75. The van der Waals surface area contributed by atoms with E-state index in [1.807, 2.05) is 31.3 Å². The number of aromatic amines is 1. The molecule has 90 valence electrons. The quantitative estimate of drug-likeness (QED) is 0.864. The molecular weight excluding hydrogens is 274 g/mol. The van der Waals surface area contributed by atoms with Crippen molar-refractivity contribution in [1.29, 1.82) is 0 Å². The van der Waals surface area contributed by atoms with Crippen LogP contribution in [-0.4, -0.2) is 17.2 Å². The Morgan fingerprint density at radius 1 is 1.47 bits per heavy atom. The number of rotatable bonds is 3. The molecule has 2 aromatic rings. The van der Waals surface area contributed by atoms with Gasteiger partial charge < -0.3 is 4.90 Å². The van der Waals surface area contributed by atoms with Crippen LogP contribution in [0.5, 0.6) is 0 Å². The summed E-state index contributed by atoms with van der Waals surface area (Å²) in [5.41, 5.74) is 1.08. The van der Waals surface area contributed by atoms with E-state index in [4.69, 9.17) is 23.8 Å². The first-order valence-corrected chi connectivity index (χ1v) is 6.72. The molecule has 17 heavy (non-hydrogen) atoms. The number of hydrogen-bond acceptors (Lipinski definition) is 4. The van der Waals surface area contributed by atoms with E-state index >= 15 is 0 Å². The van der Waals surface area contributed by atoms with Crippen LogP contribution in [0.1, 0.15) is 18.5 Å². The summed E-state index contributed by atoms with van der Waals surface area (Å²) in [5, 5.41) is 8.58. The van der Waals surface area contributed by atoms with Gasteiger partial charge in [0.2, 0.25) is 5.13 Å². The van der Waals surface area contributed by atoms with E-state index in [0.717, 1.165) is 15.7 Å². The van der Waals surface area contributed by atoms with Crippen molar-refractivity contribution < 1.29 is 0 Å². The lowest BCUT2D eigenvalue weighted by molar-refractivity contribution is 0.731. The van der Waals surface area contributed by atoms with E-state index in [-0.39, 0.29) is 6.04 Å². The molecule has 0 aliphatic carbocycles. The normalized spacial score (nSPS) is 12.4. The lowest BCUT2D eigenvalue weighted by Gasteiger charge is -2.24. The van der Waals surface area contributed by atoms with Crippen molar-refractivity contribution in [3.05, 3.63) is 38.8 Å². The van der Waals surface area contributed by atoms with Gasteiger partial charge in [-0.05, 0) is 30.8 Å². The number of nitrogens with zero attached hydrogens (tertiary/aromatic N) is 2. The molecule has 1 aromatic heterocycles. The maximum atomic E-state index is 6.18. The van der Waals surface area contributed by atoms with Crippen molar-refractivity contribution in [1.82, 2.24) is 10.2 Å². The SMILES string of the molecule is CC(c1ccccc1Cl)N(C)c1n[nH]c(=S)s1. The van der Waals surface area contributed by atoms with Crippen molar-refractivity contribution in [2.45, 2.75) is 13.0 Å². The van der Waals surface area contributed by atoms with Crippen molar-refractivity contribution in [3.63, 3.8) is 0 Å². The lowest BCUT2D eigenvalue weighted by atomic mass is 10.1. The number of H-pyrrole nitrogens is 1. The molecule has 2 rings (SSSR count). The van der Waals surface area contributed by atoms with Crippen molar-refractivity contribution in [2.75, 3.05) is 11.9 Å². The van der Waals surface area contributed by atoms with E-state index in [9.17, 15) is 0 Å². The Balaban J connectivity index is 2.29. The third-order valence-corrected chi connectivity index (χ3v) is 4.19. The Labute approximate surface area is 114 Å². The van der Waals surface area contributed by atoms with Gasteiger partial charge in [-0.2, -0.15) is 0 Å². The van der Waals surface area contributed by atoms with Gasteiger partial charge in [0.15, 0.2) is 3.95 Å². The standard InChI is InChI=1S/C11H12ClN3S2/c1-7(8-5-3-4-6-9(8)12)15(2)10-13-14-11(16)17-10/h3-7H,1-2H3,(H,14,16). The molecule has 1 N–H and O–H groups in total. The van der Waals surface area contributed by atoms with Crippen LogP contribution in [0.15, 0.2) is 24.3 Å². The van der Waals surface area contributed by atoms with Crippen LogP contribution in [-0.2, 0) is 0 Å². The molecule has 0 aliphatic heterocycles. The fourth-order valence-electron chi connectivity index (χ4n) is 1.56. The Kier molecular flexibility index (Phi) is 3.81. The first-order valence-electron chi connectivity index (χ1n) is 5.12. The fourth-order valence-corrected chi connectivity index (χ4v) is 2.77. The Morgan fingerprint density at radius 2 is 2.18 bits per heavy atom. The molecular formula is C11H12ClN3S2. The average molecular weight is 286 g/mol. The predicted octanol–water partition coefficient (Wildman–Crippen LogP) is 4.05. The van der Waals surface area contributed by atoms with Gasteiger partial charge in [-0.15, -0.1) is 5.10 Å². The number of anilines is 1. The van der Waals surface area contributed by atoms with Gasteiger partial charge in [0, 0.05) is 12.1 Å². The number of hydrogen-bond donors (Lipinski definition) is 1. The first kappa shape index (κ1) is 12.5. The van der Waals surface area contributed by atoms with Crippen LogP contribution in [0.2, 0.25) is 5.02 Å². The molecule has 1 atom stereocenters.